The van der Waals surface area contributed by atoms with E-state index >= 15 is 0 Å². The molecular weight excluding hydrogens is 454 g/mol. The first-order valence-electron chi connectivity index (χ1n) is 12.7. The van der Waals surface area contributed by atoms with Gasteiger partial charge in [-0.1, -0.05) is 0 Å². The Morgan fingerprint density at radius 1 is 0.629 bits per heavy atom. The van der Waals surface area contributed by atoms with Gasteiger partial charge in [-0.3, -0.25) is 14.7 Å². The lowest BCUT2D eigenvalue weighted by molar-refractivity contribution is 0.0194. The number of carbonyl (C=O) groups excluding carboxylic acids is 1. The summed E-state index contributed by atoms with van der Waals surface area (Å²) < 4.78 is 33.8. The molecule has 196 valence electrons. The van der Waals surface area contributed by atoms with E-state index in [1.54, 1.807) is 12.1 Å². The predicted octanol–water partition coefficient (Wildman–Crippen LogP) is 0.598. The summed E-state index contributed by atoms with van der Waals surface area (Å²) in [7, 11) is 0. The van der Waals surface area contributed by atoms with Crippen LogP contribution < -0.4 is 9.47 Å². The second kappa shape index (κ2) is 14.6. The molecule has 3 aliphatic rings. The van der Waals surface area contributed by atoms with Crippen LogP contribution in [0.1, 0.15) is 10.4 Å². The Morgan fingerprint density at radius 2 is 1.03 bits per heavy atom. The second-order valence-electron chi connectivity index (χ2n) is 8.89. The SMILES string of the molecule is O=C(OCCN1CCOCC1)c1cc(OCCN2CCOCC2)cc(OCCN2CCOCC2)c1. The maximum atomic E-state index is 12.8. The summed E-state index contributed by atoms with van der Waals surface area (Å²) >= 11 is 0. The van der Waals surface area contributed by atoms with Crippen molar-refractivity contribution < 1.29 is 33.2 Å². The zero-order chi connectivity index (χ0) is 24.1. The van der Waals surface area contributed by atoms with Crippen molar-refractivity contribution in [3.8, 4) is 11.5 Å². The summed E-state index contributed by atoms with van der Waals surface area (Å²) in [6, 6.07) is 5.33. The summed E-state index contributed by atoms with van der Waals surface area (Å²) in [6.07, 6.45) is 0. The van der Waals surface area contributed by atoms with Crippen LogP contribution in [0.5, 0.6) is 11.5 Å². The number of hydrogen-bond donors (Lipinski definition) is 0. The second-order valence-corrected chi connectivity index (χ2v) is 8.89. The number of hydrogen-bond acceptors (Lipinski definition) is 10. The highest BCUT2D eigenvalue weighted by atomic mass is 16.5. The fraction of sp³-hybridized carbons (Fsp3) is 0.720. The summed E-state index contributed by atoms with van der Waals surface area (Å²) in [4.78, 5) is 19.7. The Kier molecular flexibility index (Phi) is 10.9. The van der Waals surface area contributed by atoms with Gasteiger partial charge in [0, 0.05) is 65.0 Å². The molecule has 0 unspecified atom stereocenters. The lowest BCUT2D eigenvalue weighted by Gasteiger charge is -2.27. The minimum Gasteiger partial charge on any atom is -0.492 e. The summed E-state index contributed by atoms with van der Waals surface area (Å²) in [5.74, 6) is 0.861. The van der Waals surface area contributed by atoms with Gasteiger partial charge in [0.15, 0.2) is 0 Å². The topological polar surface area (TPSA) is 82.2 Å². The van der Waals surface area contributed by atoms with Crippen LogP contribution >= 0.6 is 0 Å². The van der Waals surface area contributed by atoms with E-state index in [2.05, 4.69) is 14.7 Å². The minimum atomic E-state index is -0.366. The molecule has 0 radical (unpaired) electrons. The standard InChI is InChI=1S/C25H39N3O7/c29-25(35-18-9-28-5-14-32-15-6-28)22-19-23(33-16-7-26-1-10-30-11-2-26)21-24(20-22)34-17-8-27-3-12-31-13-4-27/h19-21H,1-18H2. The number of benzene rings is 1. The van der Waals surface area contributed by atoms with Gasteiger partial charge >= 0.3 is 5.97 Å². The van der Waals surface area contributed by atoms with Crippen LogP contribution in [-0.4, -0.2) is 139 Å². The van der Waals surface area contributed by atoms with Crippen LogP contribution in [0.15, 0.2) is 18.2 Å². The molecule has 0 atom stereocenters. The number of esters is 1. The molecule has 3 aliphatic heterocycles. The third-order valence-electron chi connectivity index (χ3n) is 6.42. The van der Waals surface area contributed by atoms with Gasteiger partial charge in [-0.05, 0) is 12.1 Å². The molecule has 0 spiro atoms. The summed E-state index contributed by atoms with van der Waals surface area (Å²) in [6.45, 7) is 13.6. The zero-order valence-corrected chi connectivity index (χ0v) is 20.7. The predicted molar refractivity (Wildman–Crippen MR) is 129 cm³/mol. The molecule has 10 heteroatoms. The van der Waals surface area contributed by atoms with E-state index in [0.29, 0.717) is 43.4 Å². The molecule has 10 nitrogen and oxygen atoms in total. The van der Waals surface area contributed by atoms with Gasteiger partial charge in [-0.15, -0.1) is 0 Å². The van der Waals surface area contributed by atoms with Crippen LogP contribution in [0, 0.1) is 0 Å². The maximum Gasteiger partial charge on any atom is 0.338 e. The number of ether oxygens (including phenoxy) is 6. The van der Waals surface area contributed by atoms with Gasteiger partial charge in [-0.2, -0.15) is 0 Å². The van der Waals surface area contributed by atoms with Crippen LogP contribution in [0.2, 0.25) is 0 Å². The molecular formula is C25H39N3O7. The first-order valence-corrected chi connectivity index (χ1v) is 12.7. The molecule has 1 aromatic rings. The average molecular weight is 494 g/mol. The van der Waals surface area contributed by atoms with E-state index in [0.717, 1.165) is 92.0 Å². The van der Waals surface area contributed by atoms with Crippen molar-refractivity contribution in [1.82, 2.24) is 14.7 Å². The molecule has 0 aliphatic carbocycles. The molecule has 0 amide bonds. The first kappa shape index (κ1) is 26.1. The fourth-order valence-corrected chi connectivity index (χ4v) is 4.27. The number of nitrogens with zero attached hydrogens (tertiary/aromatic N) is 3. The Morgan fingerprint density at radius 3 is 1.46 bits per heavy atom. The van der Waals surface area contributed by atoms with E-state index in [1.807, 2.05) is 6.07 Å². The average Bonchev–Trinajstić information content (AvgIpc) is 2.90. The van der Waals surface area contributed by atoms with Gasteiger partial charge in [0.2, 0.25) is 0 Å². The van der Waals surface area contributed by atoms with Gasteiger partial charge in [0.1, 0.15) is 31.3 Å². The quantitative estimate of drug-likeness (QED) is 0.386. The summed E-state index contributed by atoms with van der Waals surface area (Å²) in [5.41, 5.74) is 0.442. The molecule has 0 bridgehead atoms. The third-order valence-corrected chi connectivity index (χ3v) is 6.42. The van der Waals surface area contributed by atoms with Crippen molar-refractivity contribution in [2.75, 3.05) is 118 Å². The van der Waals surface area contributed by atoms with E-state index < -0.39 is 0 Å². The molecule has 3 fully saturated rings. The van der Waals surface area contributed by atoms with Crippen LogP contribution in [-0.2, 0) is 18.9 Å². The van der Waals surface area contributed by atoms with E-state index in [-0.39, 0.29) is 5.97 Å². The Labute approximate surface area is 207 Å². The van der Waals surface area contributed by atoms with Gasteiger partial charge in [-0.25, -0.2) is 4.79 Å². The fourth-order valence-electron chi connectivity index (χ4n) is 4.27. The molecule has 4 rings (SSSR count). The van der Waals surface area contributed by atoms with E-state index in [4.69, 9.17) is 28.4 Å². The molecule has 0 N–H and O–H groups in total. The minimum absolute atomic E-state index is 0.341. The maximum absolute atomic E-state index is 12.8. The first-order chi connectivity index (χ1) is 17.3. The van der Waals surface area contributed by atoms with Crippen molar-refractivity contribution in [2.24, 2.45) is 0 Å². The highest BCUT2D eigenvalue weighted by Crippen LogP contribution is 2.24. The normalized spacial score (nSPS) is 20.5. The van der Waals surface area contributed by atoms with Gasteiger partial charge < -0.3 is 28.4 Å². The monoisotopic (exact) mass is 493 g/mol. The van der Waals surface area contributed by atoms with Crippen molar-refractivity contribution in [2.45, 2.75) is 0 Å². The van der Waals surface area contributed by atoms with Crippen LogP contribution in [0.25, 0.3) is 0 Å². The van der Waals surface area contributed by atoms with Crippen LogP contribution in [0.4, 0.5) is 0 Å². The third kappa shape index (κ3) is 9.21. The van der Waals surface area contributed by atoms with Crippen molar-refractivity contribution in [3.63, 3.8) is 0 Å². The molecule has 3 heterocycles. The largest absolute Gasteiger partial charge is 0.492 e. The Bertz CT molecular complexity index is 721. The Balaban J connectivity index is 1.30. The smallest absolute Gasteiger partial charge is 0.338 e. The van der Waals surface area contributed by atoms with E-state index in [1.165, 1.54) is 0 Å². The zero-order valence-electron chi connectivity index (χ0n) is 20.7. The van der Waals surface area contributed by atoms with Crippen molar-refractivity contribution in [1.29, 1.82) is 0 Å². The van der Waals surface area contributed by atoms with Crippen molar-refractivity contribution in [3.05, 3.63) is 23.8 Å². The molecule has 1 aromatic carbocycles. The number of morpholine rings is 3. The Hall–Kier alpha value is -1.95. The molecule has 0 aromatic heterocycles. The van der Waals surface area contributed by atoms with Gasteiger partial charge in [0.05, 0.1) is 45.2 Å². The molecule has 3 saturated heterocycles. The van der Waals surface area contributed by atoms with Crippen LogP contribution in [0.3, 0.4) is 0 Å². The van der Waals surface area contributed by atoms with E-state index in [9.17, 15) is 4.79 Å². The number of rotatable bonds is 12. The number of carbonyl (C=O) groups is 1. The highest BCUT2D eigenvalue weighted by molar-refractivity contribution is 5.90. The molecule has 35 heavy (non-hydrogen) atoms. The van der Waals surface area contributed by atoms with Crippen molar-refractivity contribution >= 4 is 5.97 Å². The lowest BCUT2D eigenvalue weighted by atomic mass is 10.2. The highest BCUT2D eigenvalue weighted by Gasteiger charge is 2.16. The molecule has 0 saturated carbocycles. The summed E-state index contributed by atoms with van der Waals surface area (Å²) in [5, 5.41) is 0. The van der Waals surface area contributed by atoms with Gasteiger partial charge in [0.25, 0.3) is 0 Å². The lowest BCUT2D eigenvalue weighted by Crippen LogP contribution is -2.38.